The molecule has 2 N–H and O–H groups in total. The van der Waals surface area contributed by atoms with E-state index in [0.717, 1.165) is 16.0 Å². The first-order valence-electron chi connectivity index (χ1n) is 9.04. The van der Waals surface area contributed by atoms with Gasteiger partial charge in [-0.1, -0.05) is 29.8 Å². The minimum absolute atomic E-state index is 0.0351. The first-order chi connectivity index (χ1) is 14.2. The molecule has 0 saturated heterocycles. The first-order valence-corrected chi connectivity index (χ1v) is 12.1. The number of benzene rings is 3. The number of rotatable bonds is 6. The monoisotopic (exact) mass is 460 g/mol. The van der Waals surface area contributed by atoms with Crippen LogP contribution in [0, 0.1) is 13.8 Å². The summed E-state index contributed by atoms with van der Waals surface area (Å²) in [5.41, 5.74) is 3.14. The lowest BCUT2D eigenvalue weighted by atomic mass is 10.1. The predicted octanol–water partition coefficient (Wildman–Crippen LogP) is 5.73. The SMILES string of the molecule is CSc1ccccc1NC(=O)c1ccc(Cl)c(S(=O)(=O)Nc2cc(C)cc(C)c2)c1. The minimum Gasteiger partial charge on any atom is -0.321 e. The molecule has 0 fully saturated rings. The zero-order valence-corrected chi connectivity index (χ0v) is 19.1. The summed E-state index contributed by atoms with van der Waals surface area (Å²) in [6, 6.07) is 17.0. The highest BCUT2D eigenvalue weighted by Crippen LogP contribution is 2.28. The third kappa shape index (κ3) is 5.16. The summed E-state index contributed by atoms with van der Waals surface area (Å²) in [4.78, 5) is 13.5. The number of thioether (sulfide) groups is 1. The summed E-state index contributed by atoms with van der Waals surface area (Å²) < 4.78 is 28.4. The molecular formula is C22H21ClN2O3S2. The van der Waals surface area contributed by atoms with Crippen LogP contribution in [0.4, 0.5) is 11.4 Å². The van der Waals surface area contributed by atoms with Gasteiger partial charge >= 0.3 is 0 Å². The number of nitrogens with one attached hydrogen (secondary N) is 2. The molecule has 1 amide bonds. The van der Waals surface area contributed by atoms with Crippen molar-refractivity contribution in [1.29, 1.82) is 0 Å². The summed E-state index contributed by atoms with van der Waals surface area (Å²) in [6.45, 7) is 3.77. The number of aryl methyl sites for hydroxylation is 2. The second-order valence-corrected chi connectivity index (χ2v) is 9.69. The molecule has 3 aromatic carbocycles. The van der Waals surface area contributed by atoms with Crippen molar-refractivity contribution in [2.75, 3.05) is 16.3 Å². The van der Waals surface area contributed by atoms with Gasteiger partial charge in [-0.2, -0.15) is 0 Å². The maximum absolute atomic E-state index is 12.9. The number of amides is 1. The van der Waals surface area contributed by atoms with Gasteiger partial charge in [0.2, 0.25) is 0 Å². The van der Waals surface area contributed by atoms with Gasteiger partial charge in [0.1, 0.15) is 4.90 Å². The van der Waals surface area contributed by atoms with Crippen molar-refractivity contribution in [2.45, 2.75) is 23.6 Å². The molecule has 0 atom stereocenters. The van der Waals surface area contributed by atoms with Gasteiger partial charge < -0.3 is 5.32 Å². The van der Waals surface area contributed by atoms with Crippen LogP contribution in [0.2, 0.25) is 5.02 Å². The van der Waals surface area contributed by atoms with Crippen molar-refractivity contribution in [2.24, 2.45) is 0 Å². The predicted molar refractivity (Wildman–Crippen MR) is 124 cm³/mol. The molecule has 30 heavy (non-hydrogen) atoms. The third-order valence-corrected chi connectivity index (χ3v) is 6.97. The van der Waals surface area contributed by atoms with Crippen molar-refractivity contribution in [3.63, 3.8) is 0 Å². The van der Waals surface area contributed by atoms with Gasteiger partial charge in [-0.15, -0.1) is 11.8 Å². The highest BCUT2D eigenvalue weighted by atomic mass is 35.5. The average molecular weight is 461 g/mol. The molecule has 0 bridgehead atoms. The molecule has 0 spiro atoms. The second-order valence-electron chi connectivity index (χ2n) is 6.78. The lowest BCUT2D eigenvalue weighted by Gasteiger charge is -2.13. The smallest absolute Gasteiger partial charge is 0.263 e. The number of para-hydroxylation sites is 1. The standard InChI is InChI=1S/C22H21ClN2O3S2/c1-14-10-15(2)12-17(11-14)25-30(27,28)21-13-16(8-9-18(21)23)22(26)24-19-6-4-5-7-20(19)29-3/h4-13,25H,1-3H3,(H,24,26). The summed E-state index contributed by atoms with van der Waals surface area (Å²) in [6.07, 6.45) is 1.91. The molecule has 5 nitrogen and oxygen atoms in total. The first kappa shape index (κ1) is 22.2. The molecule has 0 radical (unpaired) electrons. The Bertz CT molecular complexity index is 1190. The van der Waals surface area contributed by atoms with E-state index in [1.54, 1.807) is 18.2 Å². The lowest BCUT2D eigenvalue weighted by Crippen LogP contribution is -2.17. The van der Waals surface area contributed by atoms with Crippen molar-refractivity contribution in [3.05, 3.63) is 82.4 Å². The molecule has 0 aliphatic heterocycles. The normalized spacial score (nSPS) is 11.2. The Morgan fingerprint density at radius 1 is 0.967 bits per heavy atom. The van der Waals surface area contributed by atoms with Gasteiger partial charge in [0, 0.05) is 16.1 Å². The number of hydrogen-bond donors (Lipinski definition) is 2. The Morgan fingerprint density at radius 2 is 1.63 bits per heavy atom. The highest BCUT2D eigenvalue weighted by molar-refractivity contribution is 7.98. The zero-order valence-electron chi connectivity index (χ0n) is 16.7. The van der Waals surface area contributed by atoms with E-state index in [4.69, 9.17) is 11.6 Å². The highest BCUT2D eigenvalue weighted by Gasteiger charge is 2.21. The maximum Gasteiger partial charge on any atom is 0.263 e. The van der Waals surface area contributed by atoms with Gasteiger partial charge in [0.15, 0.2) is 0 Å². The van der Waals surface area contributed by atoms with Crippen molar-refractivity contribution >= 4 is 50.7 Å². The fraction of sp³-hybridized carbons (Fsp3) is 0.136. The molecule has 0 heterocycles. The van der Waals surface area contributed by atoms with Crippen LogP contribution < -0.4 is 10.0 Å². The van der Waals surface area contributed by atoms with Crippen LogP contribution in [0.25, 0.3) is 0 Å². The van der Waals surface area contributed by atoms with Gasteiger partial charge in [-0.25, -0.2) is 8.42 Å². The summed E-state index contributed by atoms with van der Waals surface area (Å²) in [5, 5.41) is 2.86. The van der Waals surface area contributed by atoms with Gasteiger partial charge in [0.25, 0.3) is 15.9 Å². The number of hydrogen-bond acceptors (Lipinski definition) is 4. The number of carbonyl (C=O) groups is 1. The summed E-state index contributed by atoms with van der Waals surface area (Å²) in [7, 11) is -3.99. The second kappa shape index (κ2) is 9.12. The van der Waals surface area contributed by atoms with E-state index >= 15 is 0 Å². The van der Waals surface area contributed by atoms with Crippen LogP contribution in [0.1, 0.15) is 21.5 Å². The molecule has 8 heteroatoms. The van der Waals surface area contributed by atoms with Crippen molar-refractivity contribution < 1.29 is 13.2 Å². The zero-order chi connectivity index (χ0) is 21.9. The van der Waals surface area contributed by atoms with Gasteiger partial charge in [-0.05, 0) is 73.7 Å². The molecule has 0 aliphatic carbocycles. The molecule has 3 rings (SSSR count). The fourth-order valence-corrected chi connectivity index (χ4v) is 5.16. The van der Waals surface area contributed by atoms with E-state index in [0.29, 0.717) is 11.4 Å². The van der Waals surface area contributed by atoms with Crippen molar-refractivity contribution in [3.8, 4) is 0 Å². The molecule has 0 unspecified atom stereocenters. The average Bonchev–Trinajstić information content (AvgIpc) is 2.67. The largest absolute Gasteiger partial charge is 0.321 e. The Labute approximate surface area is 185 Å². The molecule has 0 saturated carbocycles. The van der Waals surface area contributed by atoms with Gasteiger partial charge in [0.05, 0.1) is 10.7 Å². The van der Waals surface area contributed by atoms with Crippen molar-refractivity contribution in [1.82, 2.24) is 0 Å². The van der Waals surface area contributed by atoms with Crippen LogP contribution in [0.15, 0.2) is 70.5 Å². The maximum atomic E-state index is 12.9. The van der Waals surface area contributed by atoms with Gasteiger partial charge in [-0.3, -0.25) is 9.52 Å². The van der Waals surface area contributed by atoms with E-state index in [1.165, 1.54) is 30.0 Å². The lowest BCUT2D eigenvalue weighted by molar-refractivity contribution is 0.102. The Kier molecular flexibility index (Phi) is 6.75. The van der Waals surface area contributed by atoms with Crippen LogP contribution in [0.3, 0.4) is 0 Å². The van der Waals surface area contributed by atoms with Crippen LogP contribution >= 0.6 is 23.4 Å². The Balaban J connectivity index is 1.91. The minimum atomic E-state index is -3.99. The topological polar surface area (TPSA) is 75.3 Å². The number of anilines is 2. The number of halogens is 1. The molecule has 3 aromatic rings. The quantitative estimate of drug-likeness (QED) is 0.460. The molecular weight excluding hydrogens is 440 g/mol. The van der Waals surface area contributed by atoms with E-state index in [-0.39, 0.29) is 15.5 Å². The Hall–Kier alpha value is -2.48. The van der Waals surface area contributed by atoms with E-state index in [1.807, 2.05) is 44.4 Å². The molecule has 0 aromatic heterocycles. The van der Waals surface area contributed by atoms with E-state index in [9.17, 15) is 13.2 Å². The van der Waals surface area contributed by atoms with E-state index < -0.39 is 15.9 Å². The number of carbonyl (C=O) groups excluding carboxylic acids is 1. The fourth-order valence-electron chi connectivity index (χ4n) is 3.04. The van der Waals surface area contributed by atoms with E-state index in [2.05, 4.69) is 10.0 Å². The molecule has 0 aliphatic rings. The Morgan fingerprint density at radius 3 is 2.30 bits per heavy atom. The summed E-state index contributed by atoms with van der Waals surface area (Å²) >= 11 is 7.67. The molecule has 156 valence electrons. The van der Waals surface area contributed by atoms with Crippen LogP contribution in [-0.4, -0.2) is 20.6 Å². The van der Waals surface area contributed by atoms with Crippen LogP contribution in [-0.2, 0) is 10.0 Å². The third-order valence-electron chi connectivity index (χ3n) is 4.31. The summed E-state index contributed by atoms with van der Waals surface area (Å²) in [5.74, 6) is -0.420. The van der Waals surface area contributed by atoms with Crippen LogP contribution in [0.5, 0.6) is 0 Å². The number of sulfonamides is 1.